The lowest BCUT2D eigenvalue weighted by atomic mass is 10.2. The molecule has 9 nitrogen and oxygen atoms in total. The molecule has 10 heteroatoms. The number of hydrazone groups is 1. The molecule has 0 spiro atoms. The maximum atomic E-state index is 10.8. The van der Waals surface area contributed by atoms with Crippen molar-refractivity contribution < 1.29 is 9.66 Å². The Morgan fingerprint density at radius 1 is 1.37 bits per heavy atom. The topological polar surface area (TPSA) is 110 Å². The molecule has 27 heavy (non-hydrogen) atoms. The predicted molar refractivity (Wildman–Crippen MR) is 104 cm³/mol. The number of benzene rings is 2. The van der Waals surface area contributed by atoms with E-state index in [1.54, 1.807) is 12.1 Å². The highest BCUT2D eigenvalue weighted by Gasteiger charge is 2.09. The second kappa shape index (κ2) is 8.23. The molecule has 3 aromatic rings. The zero-order chi connectivity index (χ0) is 19.2. The molecular weight excluding hydrogens is 368 g/mol. The van der Waals surface area contributed by atoms with Gasteiger partial charge >= 0.3 is 0 Å². The molecule has 2 aromatic carbocycles. The van der Waals surface area contributed by atoms with Gasteiger partial charge in [0, 0.05) is 23.3 Å². The summed E-state index contributed by atoms with van der Waals surface area (Å²) in [7, 11) is 0. The van der Waals surface area contributed by atoms with Crippen molar-refractivity contribution >= 4 is 24.1 Å². The van der Waals surface area contributed by atoms with Crippen molar-refractivity contribution in [3.05, 3.63) is 69.0 Å². The number of nitrogens with one attached hydrogen (secondary N) is 2. The van der Waals surface area contributed by atoms with Gasteiger partial charge in [-0.05, 0) is 43.4 Å². The van der Waals surface area contributed by atoms with Crippen LogP contribution in [0.15, 0.2) is 53.6 Å². The van der Waals surface area contributed by atoms with E-state index in [1.807, 2.05) is 31.2 Å². The summed E-state index contributed by atoms with van der Waals surface area (Å²) in [6, 6.07) is 13.5. The Balaban J connectivity index is 1.80. The second-order valence-corrected chi connectivity index (χ2v) is 5.74. The fraction of sp³-hybridized carbons (Fsp3) is 0.118. The molecule has 0 saturated carbocycles. The minimum absolute atomic E-state index is 0.00560. The quantitative estimate of drug-likeness (QED) is 0.279. The number of rotatable bonds is 7. The van der Waals surface area contributed by atoms with E-state index in [1.165, 1.54) is 23.0 Å². The first kappa shape index (κ1) is 18.3. The Kier molecular flexibility index (Phi) is 5.57. The van der Waals surface area contributed by atoms with Gasteiger partial charge in [-0.2, -0.15) is 14.9 Å². The first-order chi connectivity index (χ1) is 13.1. The van der Waals surface area contributed by atoms with Crippen molar-refractivity contribution in [3.8, 4) is 17.1 Å². The van der Waals surface area contributed by atoms with Crippen molar-refractivity contribution in [1.82, 2.24) is 14.9 Å². The van der Waals surface area contributed by atoms with E-state index in [-0.39, 0.29) is 5.69 Å². The van der Waals surface area contributed by atoms with Crippen LogP contribution in [0, 0.1) is 14.9 Å². The molecule has 0 unspecified atom stereocenters. The summed E-state index contributed by atoms with van der Waals surface area (Å²) < 4.78 is 7.26. The van der Waals surface area contributed by atoms with Crippen LogP contribution < -0.4 is 10.3 Å². The number of H-pyrrole nitrogens is 1. The normalized spacial score (nSPS) is 10.9. The highest BCUT2D eigenvalue weighted by Crippen LogP contribution is 2.20. The van der Waals surface area contributed by atoms with Crippen molar-refractivity contribution in [2.75, 3.05) is 12.1 Å². The van der Waals surface area contributed by atoms with Gasteiger partial charge in [-0.1, -0.05) is 12.1 Å². The standard InChI is InChI=1S/C17H16N6O3S/c1-2-26-15-8-6-13(7-9-15)16-19-20-17(27)22(16)21-18-11-12-4-3-5-14(10-12)23(24)25/h3-11,21H,2H2,1H3,(H,20,27). The van der Waals surface area contributed by atoms with Gasteiger partial charge in [0.2, 0.25) is 4.77 Å². The molecule has 0 saturated heterocycles. The number of hydrogen-bond donors (Lipinski definition) is 2. The number of aromatic amines is 1. The highest BCUT2D eigenvalue weighted by atomic mass is 32.1. The molecule has 0 aliphatic carbocycles. The third-order valence-corrected chi connectivity index (χ3v) is 3.82. The van der Waals surface area contributed by atoms with E-state index in [0.29, 0.717) is 22.8 Å². The number of ether oxygens (including phenoxy) is 1. The molecule has 0 bridgehead atoms. The van der Waals surface area contributed by atoms with Gasteiger partial charge in [0.15, 0.2) is 5.82 Å². The van der Waals surface area contributed by atoms with Crippen LogP contribution in [-0.4, -0.2) is 32.6 Å². The van der Waals surface area contributed by atoms with E-state index in [4.69, 9.17) is 17.0 Å². The summed E-state index contributed by atoms with van der Waals surface area (Å²) in [6.45, 7) is 2.51. The number of aromatic nitrogens is 3. The summed E-state index contributed by atoms with van der Waals surface area (Å²) in [5.41, 5.74) is 4.17. The van der Waals surface area contributed by atoms with Crippen LogP contribution in [0.3, 0.4) is 0 Å². The maximum Gasteiger partial charge on any atom is 0.270 e. The van der Waals surface area contributed by atoms with Gasteiger partial charge in [-0.15, -0.1) is 0 Å². The Labute approximate surface area is 159 Å². The first-order valence-corrected chi connectivity index (χ1v) is 8.43. The number of nitro groups is 1. The zero-order valence-electron chi connectivity index (χ0n) is 14.3. The number of non-ortho nitro benzene ring substituents is 1. The average molecular weight is 384 g/mol. The summed E-state index contributed by atoms with van der Waals surface area (Å²) >= 11 is 5.22. The second-order valence-electron chi connectivity index (χ2n) is 5.36. The van der Waals surface area contributed by atoms with Crippen LogP contribution in [-0.2, 0) is 0 Å². The third kappa shape index (κ3) is 4.36. The van der Waals surface area contributed by atoms with Crippen molar-refractivity contribution in [2.45, 2.75) is 6.92 Å². The van der Waals surface area contributed by atoms with Crippen LogP contribution >= 0.6 is 12.2 Å². The molecule has 0 fully saturated rings. The largest absolute Gasteiger partial charge is 0.494 e. The van der Waals surface area contributed by atoms with E-state index in [9.17, 15) is 10.1 Å². The number of nitro benzene ring substituents is 1. The maximum absolute atomic E-state index is 10.8. The van der Waals surface area contributed by atoms with Gasteiger partial charge in [0.1, 0.15) is 5.75 Å². The van der Waals surface area contributed by atoms with E-state index in [0.717, 1.165) is 11.3 Å². The molecule has 0 aliphatic heterocycles. The van der Waals surface area contributed by atoms with Crippen molar-refractivity contribution in [3.63, 3.8) is 0 Å². The van der Waals surface area contributed by atoms with Gasteiger partial charge < -0.3 is 4.74 Å². The van der Waals surface area contributed by atoms with E-state index < -0.39 is 4.92 Å². The minimum atomic E-state index is -0.457. The molecule has 0 radical (unpaired) electrons. The fourth-order valence-electron chi connectivity index (χ4n) is 2.33. The molecule has 0 atom stereocenters. The molecule has 0 amide bonds. The van der Waals surface area contributed by atoms with Gasteiger partial charge in [-0.25, -0.2) is 10.6 Å². The smallest absolute Gasteiger partial charge is 0.270 e. The lowest BCUT2D eigenvalue weighted by Gasteiger charge is -2.07. The molecular formula is C17H16N6O3S. The minimum Gasteiger partial charge on any atom is -0.494 e. The summed E-state index contributed by atoms with van der Waals surface area (Å²) in [5, 5.41) is 21.8. The SMILES string of the molecule is CCOc1ccc(-c2n[nH]c(=S)n2NN=Cc2cccc([N+](=O)[O-])c2)cc1. The fourth-order valence-corrected chi connectivity index (χ4v) is 2.50. The lowest BCUT2D eigenvalue weighted by molar-refractivity contribution is -0.384. The zero-order valence-corrected chi connectivity index (χ0v) is 15.1. The molecule has 2 N–H and O–H groups in total. The summed E-state index contributed by atoms with van der Waals surface area (Å²) in [6.07, 6.45) is 1.46. The lowest BCUT2D eigenvalue weighted by Crippen LogP contribution is -2.10. The molecule has 0 aliphatic rings. The Morgan fingerprint density at radius 3 is 2.85 bits per heavy atom. The molecule has 3 rings (SSSR count). The van der Waals surface area contributed by atoms with Crippen molar-refractivity contribution in [1.29, 1.82) is 0 Å². The predicted octanol–water partition coefficient (Wildman–Crippen LogP) is 3.49. The monoisotopic (exact) mass is 384 g/mol. The highest BCUT2D eigenvalue weighted by molar-refractivity contribution is 7.71. The van der Waals surface area contributed by atoms with Crippen LogP contribution in [0.2, 0.25) is 0 Å². The Morgan fingerprint density at radius 2 is 2.15 bits per heavy atom. The average Bonchev–Trinajstić information content (AvgIpc) is 3.04. The number of hydrogen-bond acceptors (Lipinski definition) is 7. The van der Waals surface area contributed by atoms with Crippen LogP contribution in [0.1, 0.15) is 12.5 Å². The first-order valence-electron chi connectivity index (χ1n) is 8.02. The number of nitrogens with zero attached hydrogens (tertiary/aromatic N) is 4. The van der Waals surface area contributed by atoms with Crippen LogP contribution in [0.4, 0.5) is 5.69 Å². The van der Waals surface area contributed by atoms with Gasteiger partial charge in [0.05, 0.1) is 17.7 Å². The van der Waals surface area contributed by atoms with Gasteiger partial charge in [-0.3, -0.25) is 10.1 Å². The Hall–Kier alpha value is -3.53. The molecule has 138 valence electrons. The van der Waals surface area contributed by atoms with Crippen LogP contribution in [0.25, 0.3) is 11.4 Å². The molecule has 1 heterocycles. The van der Waals surface area contributed by atoms with Gasteiger partial charge in [0.25, 0.3) is 5.69 Å². The third-order valence-electron chi connectivity index (χ3n) is 3.55. The van der Waals surface area contributed by atoms with Crippen molar-refractivity contribution in [2.24, 2.45) is 5.10 Å². The molecule has 1 aromatic heterocycles. The van der Waals surface area contributed by atoms with E-state index in [2.05, 4.69) is 20.8 Å². The van der Waals surface area contributed by atoms with Crippen LogP contribution in [0.5, 0.6) is 5.75 Å². The summed E-state index contributed by atoms with van der Waals surface area (Å²) in [5.74, 6) is 1.30. The van der Waals surface area contributed by atoms with E-state index >= 15 is 0 Å². The summed E-state index contributed by atoms with van der Waals surface area (Å²) in [4.78, 5) is 10.4. The Bertz CT molecular complexity index is 1030.